The Morgan fingerprint density at radius 2 is 1.91 bits per heavy atom. The normalized spacial score (nSPS) is 17.6. The topological polar surface area (TPSA) is 50.7 Å². The number of nitrogens with one attached hydrogen (secondary N) is 1. The van der Waals surface area contributed by atoms with Gasteiger partial charge in [0.1, 0.15) is 5.75 Å². The Labute approximate surface area is 146 Å². The van der Waals surface area contributed by atoms with Crippen molar-refractivity contribution in [2.75, 3.05) is 7.11 Å². The number of amidine groups is 1. The van der Waals surface area contributed by atoms with Gasteiger partial charge in [-0.25, -0.2) is 4.99 Å². The number of hydrogen-bond acceptors (Lipinski definition) is 4. The fraction of sp³-hybridized carbons (Fsp3) is 0.0588. The van der Waals surface area contributed by atoms with Crippen molar-refractivity contribution in [3.63, 3.8) is 0 Å². The molecule has 1 N–H and O–H groups in total. The van der Waals surface area contributed by atoms with Gasteiger partial charge in [0, 0.05) is 10.0 Å². The minimum atomic E-state index is -0.160. The Balaban J connectivity index is 1.88. The van der Waals surface area contributed by atoms with Crippen molar-refractivity contribution in [3.8, 4) is 5.75 Å². The number of methoxy groups -OCH3 is 1. The van der Waals surface area contributed by atoms with Crippen LogP contribution in [0.4, 0.5) is 5.69 Å². The first-order valence-corrected chi connectivity index (χ1v) is 8.45. The third-order valence-corrected chi connectivity index (χ3v) is 4.73. The predicted octanol–water partition coefficient (Wildman–Crippen LogP) is 4.35. The highest BCUT2D eigenvalue weighted by molar-refractivity contribution is 9.10. The zero-order valence-electron chi connectivity index (χ0n) is 12.2. The number of halogens is 1. The van der Waals surface area contributed by atoms with Gasteiger partial charge >= 0.3 is 0 Å². The van der Waals surface area contributed by atoms with Gasteiger partial charge in [-0.05, 0) is 52.0 Å². The summed E-state index contributed by atoms with van der Waals surface area (Å²) < 4.78 is 6.19. The van der Waals surface area contributed by atoms with Gasteiger partial charge in [0.25, 0.3) is 5.91 Å². The third-order valence-electron chi connectivity index (χ3n) is 3.15. The van der Waals surface area contributed by atoms with Crippen molar-refractivity contribution in [2.45, 2.75) is 0 Å². The molecule has 0 bridgehead atoms. The molecule has 1 aliphatic rings. The maximum Gasteiger partial charge on any atom is 0.264 e. The molecule has 4 nitrogen and oxygen atoms in total. The molecule has 116 valence electrons. The molecule has 0 atom stereocenters. The lowest BCUT2D eigenvalue weighted by Crippen LogP contribution is -2.19. The Morgan fingerprint density at radius 1 is 1.17 bits per heavy atom. The molecule has 0 aliphatic carbocycles. The van der Waals surface area contributed by atoms with Crippen LogP contribution < -0.4 is 10.1 Å². The number of rotatable bonds is 3. The van der Waals surface area contributed by atoms with E-state index in [0.29, 0.717) is 10.1 Å². The van der Waals surface area contributed by atoms with E-state index in [1.807, 2.05) is 48.5 Å². The van der Waals surface area contributed by atoms with Gasteiger partial charge in [0.05, 0.1) is 17.7 Å². The molecule has 1 saturated heterocycles. The van der Waals surface area contributed by atoms with E-state index in [9.17, 15) is 4.79 Å². The third kappa shape index (κ3) is 3.65. The number of thioether (sulfide) groups is 1. The molecule has 1 aliphatic heterocycles. The number of carbonyl (C=O) groups is 1. The molecular weight excluding hydrogens is 376 g/mol. The number of hydrogen-bond donors (Lipinski definition) is 1. The van der Waals surface area contributed by atoms with Crippen LogP contribution in [0.5, 0.6) is 5.75 Å². The zero-order valence-corrected chi connectivity index (χ0v) is 14.6. The number of amides is 1. The van der Waals surface area contributed by atoms with Crippen LogP contribution in [0.1, 0.15) is 5.56 Å². The van der Waals surface area contributed by atoms with Gasteiger partial charge in [0.15, 0.2) is 5.17 Å². The quantitative estimate of drug-likeness (QED) is 0.795. The van der Waals surface area contributed by atoms with Crippen molar-refractivity contribution < 1.29 is 9.53 Å². The molecule has 6 heteroatoms. The Hall–Kier alpha value is -2.05. The SMILES string of the molecule is COc1ccccc1C=C1SC(=Nc2ccccc2Br)NC1=O. The van der Waals surface area contributed by atoms with Crippen molar-refractivity contribution in [1.29, 1.82) is 0 Å². The molecule has 0 unspecified atom stereocenters. The molecule has 23 heavy (non-hydrogen) atoms. The molecule has 2 aromatic rings. The number of carbonyl (C=O) groups excluding carboxylic acids is 1. The highest BCUT2D eigenvalue weighted by atomic mass is 79.9. The molecule has 1 heterocycles. The Morgan fingerprint density at radius 3 is 2.70 bits per heavy atom. The summed E-state index contributed by atoms with van der Waals surface area (Å²) in [6.07, 6.45) is 1.81. The van der Waals surface area contributed by atoms with Crippen molar-refractivity contribution >= 4 is 50.5 Å². The Bertz CT molecular complexity index is 818. The Kier molecular flexibility index (Phi) is 4.83. The summed E-state index contributed by atoms with van der Waals surface area (Å²) in [6, 6.07) is 15.2. The van der Waals surface area contributed by atoms with Crippen LogP contribution in [0.2, 0.25) is 0 Å². The standard InChI is InChI=1S/C17H13BrN2O2S/c1-22-14-9-5-2-6-11(14)10-15-16(21)20-17(23-15)19-13-8-4-3-7-12(13)18/h2-10H,1H3,(H,19,20,21). The average molecular weight is 389 g/mol. The highest BCUT2D eigenvalue weighted by Crippen LogP contribution is 2.32. The lowest BCUT2D eigenvalue weighted by atomic mass is 10.2. The largest absolute Gasteiger partial charge is 0.496 e. The number of para-hydroxylation sites is 2. The average Bonchev–Trinajstić information content (AvgIpc) is 2.90. The van der Waals surface area contributed by atoms with Gasteiger partial charge in [-0.3, -0.25) is 4.79 Å². The molecule has 2 aromatic carbocycles. The van der Waals surface area contributed by atoms with E-state index in [0.717, 1.165) is 21.5 Å². The summed E-state index contributed by atoms with van der Waals surface area (Å²) in [5.74, 6) is 0.566. The number of nitrogens with zero attached hydrogens (tertiary/aromatic N) is 1. The molecular formula is C17H13BrN2O2S. The van der Waals surface area contributed by atoms with E-state index in [1.54, 1.807) is 13.2 Å². The number of aliphatic imine (C=N–C) groups is 1. The number of ether oxygens (including phenoxy) is 1. The molecule has 0 aromatic heterocycles. The van der Waals surface area contributed by atoms with Crippen molar-refractivity contribution in [3.05, 3.63) is 63.5 Å². The van der Waals surface area contributed by atoms with Crippen LogP contribution in [0, 0.1) is 0 Å². The first-order valence-electron chi connectivity index (χ1n) is 6.84. The van der Waals surface area contributed by atoms with Gasteiger partial charge in [-0.1, -0.05) is 30.3 Å². The van der Waals surface area contributed by atoms with Gasteiger partial charge in [-0.2, -0.15) is 0 Å². The molecule has 0 spiro atoms. The van der Waals surface area contributed by atoms with Crippen LogP contribution in [0.3, 0.4) is 0 Å². The summed E-state index contributed by atoms with van der Waals surface area (Å²) in [6.45, 7) is 0. The van der Waals surface area contributed by atoms with Crippen LogP contribution in [-0.2, 0) is 4.79 Å². The van der Waals surface area contributed by atoms with E-state index in [2.05, 4.69) is 26.2 Å². The second-order valence-corrected chi connectivity index (χ2v) is 6.56. The second-order valence-electron chi connectivity index (χ2n) is 4.68. The van der Waals surface area contributed by atoms with E-state index >= 15 is 0 Å². The summed E-state index contributed by atoms with van der Waals surface area (Å²) in [7, 11) is 1.61. The van der Waals surface area contributed by atoms with Crippen LogP contribution in [0.25, 0.3) is 6.08 Å². The molecule has 1 fully saturated rings. The molecule has 3 rings (SSSR count). The highest BCUT2D eigenvalue weighted by Gasteiger charge is 2.24. The minimum Gasteiger partial charge on any atom is -0.496 e. The van der Waals surface area contributed by atoms with E-state index < -0.39 is 0 Å². The summed E-state index contributed by atoms with van der Waals surface area (Å²) in [4.78, 5) is 17.2. The second kappa shape index (κ2) is 7.02. The zero-order chi connectivity index (χ0) is 16.2. The van der Waals surface area contributed by atoms with Gasteiger partial charge in [0.2, 0.25) is 0 Å². The molecule has 0 radical (unpaired) electrons. The minimum absolute atomic E-state index is 0.160. The van der Waals surface area contributed by atoms with Gasteiger partial charge in [-0.15, -0.1) is 0 Å². The van der Waals surface area contributed by atoms with E-state index in [4.69, 9.17) is 4.74 Å². The number of benzene rings is 2. The van der Waals surface area contributed by atoms with Crippen LogP contribution in [-0.4, -0.2) is 18.2 Å². The molecule has 1 amide bonds. The van der Waals surface area contributed by atoms with Crippen molar-refractivity contribution in [1.82, 2.24) is 5.32 Å². The molecule has 0 saturated carbocycles. The lowest BCUT2D eigenvalue weighted by Gasteiger charge is -2.03. The monoisotopic (exact) mass is 388 g/mol. The first kappa shape index (κ1) is 15.8. The fourth-order valence-corrected chi connectivity index (χ4v) is 3.26. The van der Waals surface area contributed by atoms with E-state index in [-0.39, 0.29) is 5.91 Å². The van der Waals surface area contributed by atoms with Crippen molar-refractivity contribution in [2.24, 2.45) is 4.99 Å². The summed E-state index contributed by atoms with van der Waals surface area (Å²) in [5.41, 5.74) is 1.63. The lowest BCUT2D eigenvalue weighted by molar-refractivity contribution is -0.115. The fourth-order valence-electron chi connectivity index (χ4n) is 2.06. The van der Waals surface area contributed by atoms with E-state index in [1.165, 1.54) is 11.8 Å². The van der Waals surface area contributed by atoms with Gasteiger partial charge < -0.3 is 10.1 Å². The summed E-state index contributed by atoms with van der Waals surface area (Å²) in [5, 5.41) is 3.34. The maximum absolute atomic E-state index is 12.1. The van der Waals surface area contributed by atoms with Crippen LogP contribution in [0.15, 0.2) is 62.9 Å². The van der Waals surface area contributed by atoms with Crippen LogP contribution >= 0.6 is 27.7 Å². The smallest absolute Gasteiger partial charge is 0.264 e. The predicted molar refractivity (Wildman–Crippen MR) is 97.9 cm³/mol. The maximum atomic E-state index is 12.1. The first-order chi connectivity index (χ1) is 11.2. The summed E-state index contributed by atoms with van der Waals surface area (Å²) >= 11 is 4.76.